The highest BCUT2D eigenvalue weighted by molar-refractivity contribution is 7.09. The molecule has 156 valence electrons. The number of furan rings is 1. The molecule has 3 heterocycles. The normalized spacial score (nSPS) is 12.6. The second kappa shape index (κ2) is 8.49. The Morgan fingerprint density at radius 2 is 1.90 bits per heavy atom. The van der Waals surface area contributed by atoms with Crippen LogP contribution in [0, 0.1) is 0 Å². The largest absolute Gasteiger partial charge is 0.454 e. The van der Waals surface area contributed by atoms with Gasteiger partial charge in [0.25, 0.3) is 0 Å². The van der Waals surface area contributed by atoms with E-state index in [9.17, 15) is 0 Å². The Labute approximate surface area is 185 Å². The standard InChI is InChI=1S/C25H24N4OS/c1-18(25-26-12-13-31-25)28(2)16-21-17-29(15-19-8-4-3-5-9-19)27-24(21)23-14-20-10-6-7-11-22(20)30-23/h3-14,17-18H,15-16H2,1-2H3. The van der Waals surface area contributed by atoms with E-state index < -0.39 is 0 Å². The van der Waals surface area contributed by atoms with Gasteiger partial charge in [0, 0.05) is 35.3 Å². The summed E-state index contributed by atoms with van der Waals surface area (Å²) in [5.41, 5.74) is 4.13. The summed E-state index contributed by atoms with van der Waals surface area (Å²) in [4.78, 5) is 6.79. The quantitative estimate of drug-likeness (QED) is 0.319. The fraction of sp³-hybridized carbons (Fsp3) is 0.200. The van der Waals surface area contributed by atoms with Gasteiger partial charge in [0.05, 0.1) is 12.6 Å². The van der Waals surface area contributed by atoms with Crippen molar-refractivity contribution in [1.29, 1.82) is 0 Å². The fourth-order valence-electron chi connectivity index (χ4n) is 3.77. The Hall–Kier alpha value is -3.22. The van der Waals surface area contributed by atoms with Crippen molar-refractivity contribution in [2.24, 2.45) is 0 Å². The Kier molecular flexibility index (Phi) is 5.40. The minimum atomic E-state index is 0.223. The van der Waals surface area contributed by atoms with Gasteiger partial charge in [-0.05, 0) is 31.7 Å². The number of rotatable bonds is 7. The lowest BCUT2D eigenvalue weighted by molar-refractivity contribution is 0.252. The number of hydrogen-bond donors (Lipinski definition) is 0. The third-order valence-corrected chi connectivity index (χ3v) is 6.52. The minimum absolute atomic E-state index is 0.223. The summed E-state index contributed by atoms with van der Waals surface area (Å²) in [5.74, 6) is 0.804. The molecular weight excluding hydrogens is 404 g/mol. The molecule has 5 nitrogen and oxygen atoms in total. The van der Waals surface area contributed by atoms with Crippen molar-refractivity contribution >= 4 is 22.3 Å². The van der Waals surface area contributed by atoms with Crippen LogP contribution in [0.15, 0.2) is 82.9 Å². The predicted molar refractivity (Wildman–Crippen MR) is 125 cm³/mol. The van der Waals surface area contributed by atoms with Crippen molar-refractivity contribution in [3.8, 4) is 11.5 Å². The smallest absolute Gasteiger partial charge is 0.156 e. The van der Waals surface area contributed by atoms with Crippen molar-refractivity contribution in [3.05, 3.63) is 94.6 Å². The van der Waals surface area contributed by atoms with E-state index in [1.54, 1.807) is 11.3 Å². The zero-order chi connectivity index (χ0) is 21.2. The average Bonchev–Trinajstić information content (AvgIpc) is 3.53. The topological polar surface area (TPSA) is 47.1 Å². The van der Waals surface area contributed by atoms with E-state index in [-0.39, 0.29) is 6.04 Å². The Balaban J connectivity index is 1.50. The highest BCUT2D eigenvalue weighted by atomic mass is 32.1. The molecule has 0 aliphatic heterocycles. The van der Waals surface area contributed by atoms with Crippen molar-refractivity contribution < 1.29 is 4.42 Å². The number of nitrogens with zero attached hydrogens (tertiary/aromatic N) is 4. The first-order chi connectivity index (χ1) is 15.2. The maximum atomic E-state index is 6.17. The monoisotopic (exact) mass is 428 g/mol. The first-order valence-corrected chi connectivity index (χ1v) is 11.2. The molecular formula is C25H24N4OS. The van der Waals surface area contributed by atoms with E-state index >= 15 is 0 Å². The van der Waals surface area contributed by atoms with Crippen LogP contribution in [0.3, 0.4) is 0 Å². The molecule has 1 unspecified atom stereocenters. The molecule has 31 heavy (non-hydrogen) atoms. The third-order valence-electron chi connectivity index (χ3n) is 5.57. The lowest BCUT2D eigenvalue weighted by atomic mass is 10.1. The van der Waals surface area contributed by atoms with Crippen LogP contribution >= 0.6 is 11.3 Å². The molecule has 1 atom stereocenters. The van der Waals surface area contributed by atoms with Crippen LogP contribution in [0.25, 0.3) is 22.4 Å². The molecule has 0 aliphatic rings. The predicted octanol–water partition coefficient (Wildman–Crippen LogP) is 5.99. The molecule has 0 amide bonds. The molecule has 0 bridgehead atoms. The van der Waals surface area contributed by atoms with Gasteiger partial charge in [-0.25, -0.2) is 4.98 Å². The lowest BCUT2D eigenvalue weighted by Gasteiger charge is -2.22. The molecule has 0 N–H and O–H groups in total. The zero-order valence-corrected chi connectivity index (χ0v) is 18.4. The average molecular weight is 429 g/mol. The molecule has 3 aromatic heterocycles. The van der Waals surface area contributed by atoms with Gasteiger partial charge >= 0.3 is 0 Å². The zero-order valence-electron chi connectivity index (χ0n) is 17.6. The Morgan fingerprint density at radius 3 is 2.68 bits per heavy atom. The molecule has 0 fully saturated rings. The summed E-state index contributed by atoms with van der Waals surface area (Å²) >= 11 is 1.69. The van der Waals surface area contributed by atoms with Crippen molar-refractivity contribution in [3.63, 3.8) is 0 Å². The van der Waals surface area contributed by atoms with Gasteiger partial charge in [0.1, 0.15) is 16.3 Å². The van der Waals surface area contributed by atoms with Gasteiger partial charge in [-0.15, -0.1) is 11.3 Å². The number of fused-ring (bicyclic) bond motifs is 1. The van der Waals surface area contributed by atoms with Gasteiger partial charge < -0.3 is 4.42 Å². The van der Waals surface area contributed by atoms with E-state index in [0.717, 1.165) is 46.1 Å². The number of aromatic nitrogens is 3. The molecule has 5 aromatic rings. The van der Waals surface area contributed by atoms with Crippen LogP contribution in [-0.2, 0) is 13.1 Å². The third kappa shape index (κ3) is 4.17. The Morgan fingerprint density at radius 1 is 1.10 bits per heavy atom. The van der Waals surface area contributed by atoms with Gasteiger partial charge in [-0.1, -0.05) is 48.5 Å². The molecule has 0 saturated heterocycles. The molecule has 5 rings (SSSR count). The number of hydrogen-bond acceptors (Lipinski definition) is 5. The SMILES string of the molecule is CC(c1nccs1)N(C)Cc1cn(Cc2ccccc2)nc1-c1cc2ccccc2o1. The van der Waals surface area contributed by atoms with Crippen LogP contribution in [0.2, 0.25) is 0 Å². The van der Waals surface area contributed by atoms with Crippen molar-refractivity contribution in [2.45, 2.75) is 26.1 Å². The Bertz CT molecular complexity index is 1240. The molecule has 0 aliphatic carbocycles. The minimum Gasteiger partial charge on any atom is -0.454 e. The van der Waals surface area contributed by atoms with Gasteiger partial charge in [0.15, 0.2) is 5.76 Å². The van der Waals surface area contributed by atoms with Crippen molar-refractivity contribution in [2.75, 3.05) is 7.05 Å². The summed E-state index contributed by atoms with van der Waals surface area (Å²) < 4.78 is 8.18. The summed E-state index contributed by atoms with van der Waals surface area (Å²) in [6.07, 6.45) is 4.00. The second-order valence-corrected chi connectivity index (χ2v) is 8.72. The van der Waals surface area contributed by atoms with Gasteiger partial charge in [0.2, 0.25) is 0 Å². The van der Waals surface area contributed by atoms with Crippen LogP contribution in [0.4, 0.5) is 0 Å². The van der Waals surface area contributed by atoms with E-state index in [4.69, 9.17) is 9.52 Å². The summed E-state index contributed by atoms with van der Waals surface area (Å²) in [5, 5.41) is 9.16. The van der Waals surface area contributed by atoms with Gasteiger partial charge in [-0.3, -0.25) is 9.58 Å². The van der Waals surface area contributed by atoms with E-state index in [1.165, 1.54) is 5.56 Å². The molecule has 2 aromatic carbocycles. The molecule has 0 saturated carbocycles. The van der Waals surface area contributed by atoms with Crippen LogP contribution in [-0.4, -0.2) is 26.7 Å². The molecule has 0 radical (unpaired) electrons. The van der Waals surface area contributed by atoms with Crippen molar-refractivity contribution in [1.82, 2.24) is 19.7 Å². The first kappa shape index (κ1) is 19.7. The highest BCUT2D eigenvalue weighted by Crippen LogP contribution is 2.31. The fourth-order valence-corrected chi connectivity index (χ4v) is 4.53. The van der Waals surface area contributed by atoms with E-state index in [0.29, 0.717) is 0 Å². The lowest BCUT2D eigenvalue weighted by Crippen LogP contribution is -2.21. The summed E-state index contributed by atoms with van der Waals surface area (Å²) in [6, 6.07) is 20.8. The number of benzene rings is 2. The van der Waals surface area contributed by atoms with Crippen LogP contribution < -0.4 is 0 Å². The first-order valence-electron chi connectivity index (χ1n) is 10.4. The van der Waals surface area contributed by atoms with E-state index in [2.05, 4.69) is 66.5 Å². The maximum Gasteiger partial charge on any atom is 0.156 e. The highest BCUT2D eigenvalue weighted by Gasteiger charge is 2.20. The second-order valence-electron chi connectivity index (χ2n) is 7.80. The molecule has 6 heteroatoms. The van der Waals surface area contributed by atoms with Gasteiger partial charge in [-0.2, -0.15) is 5.10 Å². The van der Waals surface area contributed by atoms with Crippen LogP contribution in [0.1, 0.15) is 29.1 Å². The maximum absolute atomic E-state index is 6.17. The molecule has 0 spiro atoms. The number of para-hydroxylation sites is 1. The van der Waals surface area contributed by atoms with Crippen LogP contribution in [0.5, 0.6) is 0 Å². The summed E-state index contributed by atoms with van der Waals surface area (Å²) in [7, 11) is 2.13. The van der Waals surface area contributed by atoms with E-state index in [1.807, 2.05) is 40.5 Å². The summed E-state index contributed by atoms with van der Waals surface area (Å²) in [6.45, 7) is 3.66. The number of thiazole rings is 1.